The van der Waals surface area contributed by atoms with Gasteiger partial charge in [0.1, 0.15) is 6.54 Å². The molecule has 0 aromatic carbocycles. The molecule has 4 aliphatic carbocycles. The lowest BCUT2D eigenvalue weighted by Gasteiger charge is -2.62. The van der Waals surface area contributed by atoms with Crippen LogP contribution in [0.2, 0.25) is 0 Å². The normalized spacial score (nSPS) is 40.6. The molecule has 1 heterocycles. The van der Waals surface area contributed by atoms with E-state index in [4.69, 9.17) is 0 Å². The van der Waals surface area contributed by atoms with Gasteiger partial charge in [-0.25, -0.2) is 4.98 Å². The molecule has 4 saturated carbocycles. The Balaban J connectivity index is 1.46. The van der Waals surface area contributed by atoms with Gasteiger partial charge >= 0.3 is 0 Å². The molecular formula is C17H25N3O2. The van der Waals surface area contributed by atoms with E-state index in [2.05, 4.69) is 17.2 Å². The van der Waals surface area contributed by atoms with Crippen molar-refractivity contribution in [3.63, 3.8) is 0 Å². The van der Waals surface area contributed by atoms with Crippen LogP contribution in [-0.2, 0) is 11.3 Å². The van der Waals surface area contributed by atoms with Gasteiger partial charge in [0.25, 0.3) is 0 Å². The van der Waals surface area contributed by atoms with Crippen molar-refractivity contribution in [1.82, 2.24) is 14.9 Å². The van der Waals surface area contributed by atoms with E-state index < -0.39 is 5.60 Å². The van der Waals surface area contributed by atoms with Crippen molar-refractivity contribution in [2.75, 3.05) is 0 Å². The minimum Gasteiger partial charge on any atom is -0.390 e. The highest BCUT2D eigenvalue weighted by Crippen LogP contribution is 2.62. The Labute approximate surface area is 131 Å². The molecule has 5 nitrogen and oxygen atoms in total. The van der Waals surface area contributed by atoms with Crippen LogP contribution in [0.25, 0.3) is 0 Å². The Morgan fingerprint density at radius 3 is 2.73 bits per heavy atom. The van der Waals surface area contributed by atoms with Gasteiger partial charge in [0.15, 0.2) is 0 Å². The van der Waals surface area contributed by atoms with Crippen molar-refractivity contribution in [3.05, 3.63) is 18.7 Å². The number of aliphatic hydroxyl groups is 1. The number of nitrogens with zero attached hydrogens (tertiary/aromatic N) is 2. The van der Waals surface area contributed by atoms with Crippen LogP contribution in [0.15, 0.2) is 18.7 Å². The van der Waals surface area contributed by atoms with Gasteiger partial charge in [-0.2, -0.15) is 0 Å². The number of hydrogen-bond acceptors (Lipinski definition) is 3. The second kappa shape index (κ2) is 4.82. The average Bonchev–Trinajstić information content (AvgIpc) is 2.88. The van der Waals surface area contributed by atoms with Crippen molar-refractivity contribution in [2.24, 2.45) is 17.3 Å². The molecule has 5 rings (SSSR count). The fourth-order valence-corrected chi connectivity index (χ4v) is 5.78. The first-order valence-corrected chi connectivity index (χ1v) is 8.44. The number of imidazole rings is 1. The van der Waals surface area contributed by atoms with Crippen LogP contribution in [0.1, 0.15) is 45.4 Å². The number of carbonyl (C=O) groups is 1. The second-order valence-electron chi connectivity index (χ2n) is 8.07. The average molecular weight is 303 g/mol. The maximum atomic E-state index is 12.3. The number of aromatic nitrogens is 2. The van der Waals surface area contributed by atoms with Gasteiger partial charge in [-0.15, -0.1) is 0 Å². The highest BCUT2D eigenvalue weighted by atomic mass is 16.3. The van der Waals surface area contributed by atoms with Crippen molar-refractivity contribution >= 4 is 5.91 Å². The fraction of sp³-hybridized carbons (Fsp3) is 0.765. The molecule has 1 aromatic heterocycles. The van der Waals surface area contributed by atoms with E-state index in [1.165, 1.54) is 19.3 Å². The van der Waals surface area contributed by atoms with Gasteiger partial charge in [0.05, 0.1) is 11.9 Å². The van der Waals surface area contributed by atoms with Crippen molar-refractivity contribution in [3.8, 4) is 0 Å². The van der Waals surface area contributed by atoms with Crippen LogP contribution in [0, 0.1) is 17.3 Å². The van der Waals surface area contributed by atoms with Crippen LogP contribution in [0.4, 0.5) is 0 Å². The summed E-state index contributed by atoms with van der Waals surface area (Å²) in [4.78, 5) is 16.2. The summed E-state index contributed by atoms with van der Waals surface area (Å²) in [5.74, 6) is 1.34. The van der Waals surface area contributed by atoms with Crippen LogP contribution in [-0.4, -0.2) is 32.2 Å². The Hall–Kier alpha value is -1.36. The number of amides is 1. The molecule has 2 N–H and O–H groups in total. The van der Waals surface area contributed by atoms with Gasteiger partial charge in [-0.05, 0) is 62.7 Å². The lowest BCUT2D eigenvalue weighted by molar-refractivity contribution is -0.173. The summed E-state index contributed by atoms with van der Waals surface area (Å²) >= 11 is 0. The Kier molecular flexibility index (Phi) is 3.12. The molecule has 22 heavy (non-hydrogen) atoms. The summed E-state index contributed by atoms with van der Waals surface area (Å²) in [6, 6.07) is 0.126. The second-order valence-corrected chi connectivity index (χ2v) is 8.07. The van der Waals surface area contributed by atoms with E-state index in [0.29, 0.717) is 18.4 Å². The van der Waals surface area contributed by atoms with Crippen molar-refractivity contribution in [1.29, 1.82) is 0 Å². The van der Waals surface area contributed by atoms with Crippen LogP contribution >= 0.6 is 0 Å². The fourth-order valence-electron chi connectivity index (χ4n) is 5.78. The third kappa shape index (κ3) is 2.35. The summed E-state index contributed by atoms with van der Waals surface area (Å²) in [6.07, 6.45) is 11.6. The monoisotopic (exact) mass is 303 g/mol. The zero-order chi connectivity index (χ0) is 15.4. The SMILES string of the molecule is C[C@@H](NC(=O)Cn1ccnc1)C12C[C@@H]3C[C@H](CC(O)(C3)C1)C2. The van der Waals surface area contributed by atoms with Crippen LogP contribution in [0.5, 0.6) is 0 Å². The Morgan fingerprint density at radius 1 is 1.41 bits per heavy atom. The maximum absolute atomic E-state index is 12.3. The van der Waals surface area contributed by atoms with Crippen molar-refractivity contribution in [2.45, 2.75) is 63.6 Å². The predicted molar refractivity (Wildman–Crippen MR) is 81.9 cm³/mol. The largest absolute Gasteiger partial charge is 0.390 e. The smallest absolute Gasteiger partial charge is 0.240 e. The minimum absolute atomic E-state index is 0.0354. The minimum atomic E-state index is -0.465. The molecule has 3 atom stereocenters. The van der Waals surface area contributed by atoms with Crippen molar-refractivity contribution < 1.29 is 9.90 Å². The maximum Gasteiger partial charge on any atom is 0.240 e. The lowest BCUT2D eigenvalue weighted by Crippen LogP contribution is -2.61. The van der Waals surface area contributed by atoms with Gasteiger partial charge < -0.3 is 15.0 Å². The summed E-state index contributed by atoms with van der Waals surface area (Å²) in [7, 11) is 0. The summed E-state index contributed by atoms with van der Waals surface area (Å²) < 4.78 is 1.79. The zero-order valence-corrected chi connectivity index (χ0v) is 13.2. The first-order valence-electron chi connectivity index (χ1n) is 8.44. The molecule has 0 spiro atoms. The van der Waals surface area contributed by atoms with Gasteiger partial charge in [-0.1, -0.05) is 0 Å². The first-order chi connectivity index (χ1) is 10.5. The number of nitrogens with one attached hydrogen (secondary N) is 1. The molecule has 120 valence electrons. The van der Waals surface area contributed by atoms with E-state index in [-0.39, 0.29) is 17.4 Å². The first kappa shape index (κ1) is 14.2. The highest BCUT2D eigenvalue weighted by molar-refractivity contribution is 5.76. The molecule has 1 aromatic rings. The topological polar surface area (TPSA) is 67.2 Å². The summed E-state index contributed by atoms with van der Waals surface area (Å²) in [5, 5.41) is 14.0. The van der Waals surface area contributed by atoms with Crippen LogP contribution in [0.3, 0.4) is 0 Å². The zero-order valence-electron chi connectivity index (χ0n) is 13.2. The molecule has 4 aliphatic rings. The Bertz CT molecular complexity index is 554. The van der Waals surface area contributed by atoms with E-state index in [0.717, 1.165) is 19.3 Å². The van der Waals surface area contributed by atoms with Crippen LogP contribution < -0.4 is 5.32 Å². The van der Waals surface area contributed by atoms with Gasteiger partial charge in [-0.3, -0.25) is 4.79 Å². The van der Waals surface area contributed by atoms with Gasteiger partial charge in [0, 0.05) is 18.4 Å². The third-order valence-electron chi connectivity index (χ3n) is 6.26. The number of hydrogen-bond donors (Lipinski definition) is 2. The summed E-state index contributed by atoms with van der Waals surface area (Å²) in [6.45, 7) is 2.44. The van der Waals surface area contributed by atoms with E-state index in [1.807, 2.05) is 0 Å². The standard InChI is InChI=1S/C17H25N3O2/c1-12(19-15(21)9-20-3-2-18-11-20)16-5-13-4-14(6-16)8-17(22,7-13)10-16/h2-3,11-14,22H,4-10H2,1H3,(H,19,21)/t12-,13+,14+,16?,17?/m1/s1. The molecule has 0 unspecified atom stereocenters. The van der Waals surface area contributed by atoms with E-state index in [1.54, 1.807) is 23.3 Å². The van der Waals surface area contributed by atoms with Gasteiger partial charge in [0.2, 0.25) is 5.91 Å². The molecule has 0 saturated heterocycles. The number of rotatable bonds is 4. The number of carbonyl (C=O) groups excluding carboxylic acids is 1. The summed E-state index contributed by atoms with van der Waals surface area (Å²) in [5.41, 5.74) is -0.364. The molecule has 0 radical (unpaired) electrons. The predicted octanol–water partition coefficient (Wildman–Crippen LogP) is 1.72. The molecule has 1 amide bonds. The molecule has 4 bridgehead atoms. The quantitative estimate of drug-likeness (QED) is 0.890. The lowest BCUT2D eigenvalue weighted by atomic mass is 9.46. The van der Waals surface area contributed by atoms with E-state index >= 15 is 0 Å². The highest BCUT2D eigenvalue weighted by Gasteiger charge is 2.58. The third-order valence-corrected chi connectivity index (χ3v) is 6.26. The van der Waals surface area contributed by atoms with E-state index in [9.17, 15) is 9.90 Å². The molecule has 0 aliphatic heterocycles. The molecule has 4 fully saturated rings. The molecular weight excluding hydrogens is 278 g/mol. The molecule has 5 heteroatoms. The Morgan fingerprint density at radius 2 is 2.14 bits per heavy atom.